The first-order chi connectivity index (χ1) is 21.1. The Morgan fingerprint density at radius 2 is 1.73 bits per heavy atom. The first-order valence-electron chi connectivity index (χ1n) is 15.6. The Morgan fingerprint density at radius 1 is 0.977 bits per heavy atom. The average molecular weight is 614 g/mol. The van der Waals surface area contributed by atoms with E-state index >= 15 is 0 Å². The molecule has 5 rings (SSSR count). The molecule has 1 atom stereocenters. The van der Waals surface area contributed by atoms with Crippen molar-refractivity contribution < 1.29 is 27.2 Å². The zero-order chi connectivity index (χ0) is 31.3. The van der Waals surface area contributed by atoms with Gasteiger partial charge in [0.2, 0.25) is 5.91 Å². The zero-order valence-corrected chi connectivity index (χ0v) is 24.8. The summed E-state index contributed by atoms with van der Waals surface area (Å²) in [5, 5.41) is 11.9. The Labute approximate surface area is 255 Å². The van der Waals surface area contributed by atoms with Crippen molar-refractivity contribution in [1.29, 1.82) is 5.26 Å². The standard InChI is InChI=1S/C33H39F4N5O2/c34-30-13-10-27(20-29(30)33(35,36)37)39-32(44)42(28-11-8-24(9-12-28)25-6-3-5-23(19-25)21-38)18-17-40-14-4-7-26(22-40)31(43)41-15-1-2-16-41/h3,5-6,10,13,19-20,24,26,28H,1-2,4,7-9,11-12,14-18,22H2,(H,39,44)/t24-,26?,28-. The highest BCUT2D eigenvalue weighted by Crippen LogP contribution is 2.36. The molecule has 2 aromatic rings. The summed E-state index contributed by atoms with van der Waals surface area (Å²) in [4.78, 5) is 32.6. The van der Waals surface area contributed by atoms with Crippen molar-refractivity contribution in [3.63, 3.8) is 0 Å². The summed E-state index contributed by atoms with van der Waals surface area (Å²) in [5.74, 6) is -1.01. The van der Waals surface area contributed by atoms with E-state index in [0.717, 1.165) is 69.8 Å². The largest absolute Gasteiger partial charge is 0.419 e. The van der Waals surface area contributed by atoms with Crippen LogP contribution in [-0.2, 0) is 11.0 Å². The van der Waals surface area contributed by atoms with E-state index in [4.69, 9.17) is 0 Å². The summed E-state index contributed by atoms with van der Waals surface area (Å²) in [7, 11) is 0. The summed E-state index contributed by atoms with van der Waals surface area (Å²) in [6.45, 7) is 3.95. The van der Waals surface area contributed by atoms with E-state index in [1.54, 1.807) is 11.0 Å². The van der Waals surface area contributed by atoms with Crippen molar-refractivity contribution in [1.82, 2.24) is 14.7 Å². The Hall–Kier alpha value is -3.65. The molecule has 1 unspecified atom stereocenters. The lowest BCUT2D eigenvalue weighted by Gasteiger charge is -2.39. The van der Waals surface area contributed by atoms with E-state index < -0.39 is 23.6 Å². The lowest BCUT2D eigenvalue weighted by molar-refractivity contribution is -0.140. The van der Waals surface area contributed by atoms with Crippen molar-refractivity contribution in [2.75, 3.05) is 44.6 Å². The third-order valence-corrected chi connectivity index (χ3v) is 9.34. The van der Waals surface area contributed by atoms with Crippen LogP contribution in [0.5, 0.6) is 0 Å². The van der Waals surface area contributed by atoms with Crippen LogP contribution in [0.4, 0.5) is 28.0 Å². The predicted molar refractivity (Wildman–Crippen MR) is 158 cm³/mol. The Kier molecular flexibility index (Phi) is 10.1. The lowest BCUT2D eigenvalue weighted by atomic mass is 9.81. The van der Waals surface area contributed by atoms with Crippen molar-refractivity contribution in [3.8, 4) is 6.07 Å². The number of nitrogens with zero attached hydrogens (tertiary/aromatic N) is 4. The third-order valence-electron chi connectivity index (χ3n) is 9.34. The van der Waals surface area contributed by atoms with Crippen molar-refractivity contribution >= 4 is 17.6 Å². The maximum absolute atomic E-state index is 13.9. The van der Waals surface area contributed by atoms with Crippen LogP contribution in [0.1, 0.15) is 74.0 Å². The van der Waals surface area contributed by atoms with Crippen LogP contribution in [0.2, 0.25) is 0 Å². The van der Waals surface area contributed by atoms with Gasteiger partial charge in [0, 0.05) is 44.5 Å². The number of rotatable bonds is 7. The molecule has 0 spiro atoms. The second kappa shape index (κ2) is 14.0. The van der Waals surface area contributed by atoms with Crippen LogP contribution in [0.3, 0.4) is 0 Å². The molecule has 3 amide bonds. The van der Waals surface area contributed by atoms with E-state index in [0.29, 0.717) is 50.2 Å². The van der Waals surface area contributed by atoms with Crippen LogP contribution in [0.25, 0.3) is 0 Å². The number of likely N-dealkylation sites (tertiary alicyclic amines) is 2. The monoisotopic (exact) mass is 613 g/mol. The van der Waals surface area contributed by atoms with Gasteiger partial charge in [-0.25, -0.2) is 9.18 Å². The van der Waals surface area contributed by atoms with E-state index in [1.807, 2.05) is 23.1 Å². The van der Waals surface area contributed by atoms with E-state index in [2.05, 4.69) is 16.3 Å². The number of carbonyl (C=O) groups excluding carboxylic acids is 2. The molecule has 3 aliphatic rings. The molecule has 7 nitrogen and oxygen atoms in total. The van der Waals surface area contributed by atoms with Crippen LogP contribution < -0.4 is 5.32 Å². The SMILES string of the molecule is N#Cc1cccc([C@H]2CC[C@H](N(CCN3CCCC(C(=O)N4CCCC4)C3)C(=O)Nc3ccc(F)c(C(F)(F)F)c3)CC2)c1. The van der Waals surface area contributed by atoms with Crippen molar-refractivity contribution in [3.05, 3.63) is 65.0 Å². The number of hydrogen-bond donors (Lipinski definition) is 1. The van der Waals surface area contributed by atoms with E-state index in [-0.39, 0.29) is 29.5 Å². The molecule has 2 aromatic carbocycles. The maximum Gasteiger partial charge on any atom is 0.419 e. The van der Waals surface area contributed by atoms with Gasteiger partial charge < -0.3 is 20.0 Å². The molecule has 0 bridgehead atoms. The Balaban J connectivity index is 1.27. The molecule has 1 saturated carbocycles. The molecule has 3 fully saturated rings. The fraction of sp³-hybridized carbons (Fsp3) is 0.545. The maximum atomic E-state index is 13.9. The van der Waals surface area contributed by atoms with Crippen LogP contribution in [0.15, 0.2) is 42.5 Å². The quantitative estimate of drug-likeness (QED) is 0.357. The smallest absolute Gasteiger partial charge is 0.342 e. The van der Waals surface area contributed by atoms with Gasteiger partial charge in [0.05, 0.1) is 23.1 Å². The van der Waals surface area contributed by atoms with Gasteiger partial charge in [-0.3, -0.25) is 4.79 Å². The highest BCUT2D eigenvalue weighted by atomic mass is 19.4. The number of halogens is 4. The summed E-state index contributed by atoms with van der Waals surface area (Å²) >= 11 is 0. The minimum atomic E-state index is -4.89. The fourth-order valence-corrected chi connectivity index (χ4v) is 6.95. The molecule has 44 heavy (non-hydrogen) atoms. The van der Waals surface area contributed by atoms with Gasteiger partial charge >= 0.3 is 12.2 Å². The molecule has 2 saturated heterocycles. The van der Waals surface area contributed by atoms with Gasteiger partial charge in [-0.1, -0.05) is 12.1 Å². The van der Waals surface area contributed by atoms with Crippen LogP contribution in [-0.4, -0.2) is 71.9 Å². The summed E-state index contributed by atoms with van der Waals surface area (Å²) in [6, 6.07) is 11.6. The van der Waals surface area contributed by atoms with Gasteiger partial charge in [0.1, 0.15) is 5.82 Å². The summed E-state index contributed by atoms with van der Waals surface area (Å²) in [6.07, 6.45) is 1.92. The predicted octanol–water partition coefficient (Wildman–Crippen LogP) is 6.61. The first kappa shape index (κ1) is 31.8. The molecule has 236 valence electrons. The van der Waals surface area contributed by atoms with Gasteiger partial charge in [-0.15, -0.1) is 0 Å². The molecule has 0 radical (unpaired) electrons. The number of urea groups is 1. The number of anilines is 1. The summed E-state index contributed by atoms with van der Waals surface area (Å²) in [5.41, 5.74) is 0.145. The van der Waals surface area contributed by atoms with Gasteiger partial charge in [-0.05, 0) is 99.7 Å². The van der Waals surface area contributed by atoms with E-state index in [9.17, 15) is 32.4 Å². The zero-order valence-electron chi connectivity index (χ0n) is 24.8. The number of alkyl halides is 3. The normalized spacial score (nSPS) is 22.8. The number of benzene rings is 2. The molecule has 2 aliphatic heterocycles. The second-order valence-electron chi connectivity index (χ2n) is 12.2. The number of hydrogen-bond acceptors (Lipinski definition) is 4. The highest BCUT2D eigenvalue weighted by molar-refractivity contribution is 5.89. The second-order valence-corrected chi connectivity index (χ2v) is 12.2. The minimum absolute atomic E-state index is 0.0660. The average Bonchev–Trinajstić information content (AvgIpc) is 3.57. The molecular formula is C33H39F4N5O2. The molecule has 11 heteroatoms. The molecular weight excluding hydrogens is 574 g/mol. The Bertz CT molecular complexity index is 1360. The van der Waals surface area contributed by atoms with Gasteiger partial charge in [0.15, 0.2) is 0 Å². The molecule has 1 aliphatic carbocycles. The van der Waals surface area contributed by atoms with Gasteiger partial charge in [-0.2, -0.15) is 18.4 Å². The van der Waals surface area contributed by atoms with Crippen molar-refractivity contribution in [2.45, 2.75) is 69.5 Å². The van der Waals surface area contributed by atoms with Gasteiger partial charge in [0.25, 0.3) is 0 Å². The molecule has 1 N–H and O–H groups in total. The van der Waals surface area contributed by atoms with Crippen LogP contribution in [0, 0.1) is 23.1 Å². The number of carbonyl (C=O) groups is 2. The number of nitrogens with one attached hydrogen (secondary N) is 1. The van der Waals surface area contributed by atoms with E-state index in [1.165, 1.54) is 0 Å². The van der Waals surface area contributed by atoms with Crippen molar-refractivity contribution in [2.24, 2.45) is 5.92 Å². The fourth-order valence-electron chi connectivity index (χ4n) is 6.95. The lowest BCUT2D eigenvalue weighted by Crippen LogP contribution is -2.50. The topological polar surface area (TPSA) is 79.7 Å². The summed E-state index contributed by atoms with van der Waals surface area (Å²) < 4.78 is 53.9. The number of amides is 3. The highest BCUT2D eigenvalue weighted by Gasteiger charge is 2.36. The Morgan fingerprint density at radius 3 is 2.43 bits per heavy atom. The molecule has 2 heterocycles. The minimum Gasteiger partial charge on any atom is -0.342 e. The van der Waals surface area contributed by atoms with Crippen LogP contribution >= 0.6 is 0 Å². The first-order valence-corrected chi connectivity index (χ1v) is 15.6. The molecule has 0 aromatic heterocycles. The third kappa shape index (κ3) is 7.70. The number of nitriles is 1. The number of piperidine rings is 1.